The molecule has 7 nitrogen and oxygen atoms in total. The second-order valence-electron chi connectivity index (χ2n) is 4.67. The first-order chi connectivity index (χ1) is 10.3. The van der Waals surface area contributed by atoms with Gasteiger partial charge in [0.15, 0.2) is 0 Å². The maximum absolute atomic E-state index is 12.3. The minimum atomic E-state index is -3.74. The van der Waals surface area contributed by atoms with Gasteiger partial charge in [-0.1, -0.05) is 0 Å². The van der Waals surface area contributed by atoms with Crippen molar-refractivity contribution in [2.75, 3.05) is 20.2 Å². The lowest BCUT2D eigenvalue weighted by Crippen LogP contribution is -2.34. The van der Waals surface area contributed by atoms with Gasteiger partial charge in [0.25, 0.3) is 0 Å². The summed E-state index contributed by atoms with van der Waals surface area (Å²) in [6.45, 7) is 3.81. The average Bonchev–Trinajstić information content (AvgIpc) is 2.46. The predicted molar refractivity (Wildman–Crippen MR) is 80.9 cm³/mol. The van der Waals surface area contributed by atoms with Crippen LogP contribution in [0.2, 0.25) is 0 Å². The van der Waals surface area contributed by atoms with Gasteiger partial charge in [0.2, 0.25) is 15.9 Å². The number of nitrogens with one attached hydrogen (secondary N) is 2. The molecule has 1 aromatic rings. The number of hydrogen-bond acceptors (Lipinski definition) is 5. The van der Waals surface area contributed by atoms with Crippen molar-refractivity contribution in [3.63, 3.8) is 0 Å². The summed E-state index contributed by atoms with van der Waals surface area (Å²) >= 11 is 0. The number of amides is 1. The average molecular weight is 325 g/mol. The lowest BCUT2D eigenvalue weighted by Gasteiger charge is -2.13. The number of ether oxygens (including phenoxy) is 1. The molecule has 1 amide bonds. The Labute approximate surface area is 130 Å². The third kappa shape index (κ3) is 4.72. The Balaban J connectivity index is 2.77. The number of sulfonamides is 1. The fraction of sp³-hybridized carbons (Fsp3) is 0.429. The highest BCUT2D eigenvalue weighted by molar-refractivity contribution is 7.89. The van der Waals surface area contributed by atoms with Crippen molar-refractivity contribution in [2.24, 2.45) is 0 Å². The molecule has 0 bridgehead atoms. The Morgan fingerprint density at radius 2 is 1.91 bits per heavy atom. The number of methoxy groups -OCH3 is 1. The molecule has 22 heavy (non-hydrogen) atoms. The van der Waals surface area contributed by atoms with Crippen molar-refractivity contribution >= 4 is 15.9 Å². The molecular weight excluding hydrogens is 306 g/mol. The monoisotopic (exact) mass is 325 g/mol. The standard InChI is InChI=1S/C14H19N3O4S/c1-10-8-12(21-3)13(9-11(10)2)22(19,20)17-7-6-16-14(18)4-5-15/h8-9,17H,4,6-7H2,1-3H3,(H,16,18). The summed E-state index contributed by atoms with van der Waals surface area (Å²) in [4.78, 5) is 11.1. The van der Waals surface area contributed by atoms with E-state index in [0.717, 1.165) is 11.1 Å². The summed E-state index contributed by atoms with van der Waals surface area (Å²) in [5, 5.41) is 10.8. The Morgan fingerprint density at radius 3 is 2.50 bits per heavy atom. The Kier molecular flexibility index (Phi) is 6.34. The molecule has 1 aromatic carbocycles. The zero-order valence-electron chi connectivity index (χ0n) is 12.8. The van der Waals surface area contributed by atoms with Crippen LogP contribution in [0.3, 0.4) is 0 Å². The number of nitrogens with zero attached hydrogens (tertiary/aromatic N) is 1. The van der Waals surface area contributed by atoms with Crippen LogP contribution in [0.15, 0.2) is 17.0 Å². The maximum Gasteiger partial charge on any atom is 0.244 e. The van der Waals surface area contributed by atoms with Gasteiger partial charge in [-0.2, -0.15) is 5.26 Å². The second kappa shape index (κ2) is 7.77. The fourth-order valence-corrected chi connectivity index (χ4v) is 3.00. The highest BCUT2D eigenvalue weighted by Crippen LogP contribution is 2.26. The smallest absolute Gasteiger partial charge is 0.244 e. The van der Waals surface area contributed by atoms with Crippen LogP contribution in [-0.4, -0.2) is 34.5 Å². The van der Waals surface area contributed by atoms with E-state index in [0.29, 0.717) is 0 Å². The fourth-order valence-electron chi connectivity index (χ4n) is 1.73. The van der Waals surface area contributed by atoms with Gasteiger partial charge in [-0.25, -0.2) is 13.1 Å². The lowest BCUT2D eigenvalue weighted by molar-refractivity contribution is -0.120. The second-order valence-corrected chi connectivity index (χ2v) is 6.41. The van der Waals surface area contributed by atoms with Crippen molar-refractivity contribution in [3.05, 3.63) is 23.3 Å². The minimum Gasteiger partial charge on any atom is -0.495 e. The molecule has 0 spiro atoms. The number of carbonyl (C=O) groups is 1. The Morgan fingerprint density at radius 1 is 1.27 bits per heavy atom. The SMILES string of the molecule is COc1cc(C)c(C)cc1S(=O)(=O)NCCNC(=O)CC#N. The molecule has 0 unspecified atom stereocenters. The molecule has 0 aliphatic heterocycles. The zero-order valence-corrected chi connectivity index (χ0v) is 13.6. The van der Waals surface area contributed by atoms with E-state index in [2.05, 4.69) is 10.0 Å². The van der Waals surface area contributed by atoms with E-state index in [1.54, 1.807) is 18.2 Å². The van der Waals surface area contributed by atoms with E-state index in [1.807, 2.05) is 13.8 Å². The first kappa shape index (κ1) is 17.9. The zero-order chi connectivity index (χ0) is 16.8. The number of aryl methyl sites for hydroxylation is 2. The highest BCUT2D eigenvalue weighted by atomic mass is 32.2. The number of hydrogen-bond donors (Lipinski definition) is 2. The molecule has 0 fully saturated rings. The third-order valence-corrected chi connectivity index (χ3v) is 4.53. The third-order valence-electron chi connectivity index (χ3n) is 3.05. The van der Waals surface area contributed by atoms with Gasteiger partial charge in [0.1, 0.15) is 17.1 Å². The first-order valence-corrected chi connectivity index (χ1v) is 8.08. The number of rotatable bonds is 7. The summed E-state index contributed by atoms with van der Waals surface area (Å²) in [5.41, 5.74) is 1.77. The van der Waals surface area contributed by atoms with E-state index >= 15 is 0 Å². The van der Waals surface area contributed by atoms with Gasteiger partial charge in [0, 0.05) is 13.1 Å². The first-order valence-electron chi connectivity index (χ1n) is 6.60. The van der Waals surface area contributed by atoms with Crippen LogP contribution < -0.4 is 14.8 Å². The number of benzene rings is 1. The van der Waals surface area contributed by atoms with Crippen LogP contribution in [0, 0.1) is 25.2 Å². The van der Waals surface area contributed by atoms with Gasteiger partial charge in [-0.15, -0.1) is 0 Å². The van der Waals surface area contributed by atoms with Crippen molar-refractivity contribution in [3.8, 4) is 11.8 Å². The largest absolute Gasteiger partial charge is 0.495 e. The van der Waals surface area contributed by atoms with Crippen LogP contribution in [-0.2, 0) is 14.8 Å². The van der Waals surface area contributed by atoms with E-state index in [9.17, 15) is 13.2 Å². The quantitative estimate of drug-likeness (QED) is 0.714. The summed E-state index contributed by atoms with van der Waals surface area (Å²) in [6, 6.07) is 4.92. The van der Waals surface area contributed by atoms with E-state index < -0.39 is 15.9 Å². The molecule has 0 aromatic heterocycles. The van der Waals surface area contributed by atoms with E-state index in [4.69, 9.17) is 10.00 Å². The lowest BCUT2D eigenvalue weighted by atomic mass is 10.1. The van der Waals surface area contributed by atoms with Crippen LogP contribution in [0.1, 0.15) is 17.5 Å². The molecule has 0 saturated heterocycles. The Hall–Kier alpha value is -2.11. The topological polar surface area (TPSA) is 108 Å². The van der Waals surface area contributed by atoms with Crippen molar-refractivity contribution in [2.45, 2.75) is 25.2 Å². The number of carbonyl (C=O) groups excluding carboxylic acids is 1. The summed E-state index contributed by atoms with van der Waals surface area (Å²) in [7, 11) is -2.34. The molecule has 0 aliphatic carbocycles. The molecule has 0 aliphatic rings. The summed E-state index contributed by atoms with van der Waals surface area (Å²) in [6.07, 6.45) is -0.252. The van der Waals surface area contributed by atoms with Gasteiger partial charge >= 0.3 is 0 Å². The van der Waals surface area contributed by atoms with Crippen LogP contribution in [0.25, 0.3) is 0 Å². The van der Waals surface area contributed by atoms with Crippen LogP contribution >= 0.6 is 0 Å². The van der Waals surface area contributed by atoms with Crippen LogP contribution in [0.4, 0.5) is 0 Å². The minimum absolute atomic E-state index is 0.0234. The Bertz CT molecular complexity index is 693. The van der Waals surface area contributed by atoms with Gasteiger partial charge in [-0.05, 0) is 37.1 Å². The molecule has 0 heterocycles. The van der Waals surface area contributed by atoms with Crippen molar-refractivity contribution in [1.29, 1.82) is 5.26 Å². The van der Waals surface area contributed by atoms with E-state index in [1.165, 1.54) is 7.11 Å². The molecule has 0 radical (unpaired) electrons. The highest BCUT2D eigenvalue weighted by Gasteiger charge is 2.20. The summed E-state index contributed by atoms with van der Waals surface area (Å²) in [5.74, 6) is -0.172. The van der Waals surface area contributed by atoms with Gasteiger partial charge in [-0.3, -0.25) is 4.79 Å². The molecule has 0 saturated carbocycles. The molecule has 8 heteroatoms. The molecule has 0 atom stereocenters. The van der Waals surface area contributed by atoms with Gasteiger partial charge < -0.3 is 10.1 Å². The molecular formula is C14H19N3O4S. The van der Waals surface area contributed by atoms with Crippen molar-refractivity contribution < 1.29 is 17.9 Å². The van der Waals surface area contributed by atoms with Gasteiger partial charge in [0.05, 0.1) is 13.2 Å². The number of nitriles is 1. The predicted octanol–water partition coefficient (Wildman–Crippen LogP) is 0.620. The molecule has 1 rings (SSSR count). The maximum atomic E-state index is 12.3. The summed E-state index contributed by atoms with van der Waals surface area (Å²) < 4.78 is 32.1. The van der Waals surface area contributed by atoms with Crippen LogP contribution in [0.5, 0.6) is 5.75 Å². The van der Waals surface area contributed by atoms with Crippen molar-refractivity contribution in [1.82, 2.24) is 10.0 Å². The molecule has 2 N–H and O–H groups in total. The normalized spacial score (nSPS) is 10.8. The molecule has 120 valence electrons. The van der Waals surface area contributed by atoms with E-state index in [-0.39, 0.29) is 30.2 Å².